The van der Waals surface area contributed by atoms with Crippen molar-refractivity contribution >= 4 is 39.5 Å². The summed E-state index contributed by atoms with van der Waals surface area (Å²) in [5.74, 6) is 0.849. The lowest BCUT2D eigenvalue weighted by atomic mass is 9.94. The number of allylic oxidation sites excluding steroid dienone is 1. The number of nitrogens with one attached hydrogen (secondary N) is 1. The van der Waals surface area contributed by atoms with Gasteiger partial charge in [-0.05, 0) is 53.8 Å². The van der Waals surface area contributed by atoms with Crippen molar-refractivity contribution < 1.29 is 4.79 Å². The Morgan fingerprint density at radius 2 is 2.07 bits per heavy atom. The van der Waals surface area contributed by atoms with Gasteiger partial charge in [-0.1, -0.05) is 49.4 Å². The molecule has 30 heavy (non-hydrogen) atoms. The molecule has 0 atom stereocenters. The van der Waals surface area contributed by atoms with Crippen molar-refractivity contribution in [2.75, 3.05) is 5.32 Å². The molecule has 7 nitrogen and oxygen atoms in total. The van der Waals surface area contributed by atoms with Gasteiger partial charge in [-0.15, -0.1) is 16.4 Å². The standard InChI is InChI=1S/C21H23ClN6OS/c1-14-25-26-27-28(14)19-9-8-16(13-18(19)22)17(12-15-6-4-2-3-5-7-15)20(29)24-21-23-10-11-30-21/h8-13,15H,2-7H2,1H3,(H,23,24,29). The molecule has 0 bridgehead atoms. The van der Waals surface area contributed by atoms with E-state index < -0.39 is 0 Å². The lowest BCUT2D eigenvalue weighted by Crippen LogP contribution is -2.15. The predicted molar refractivity (Wildman–Crippen MR) is 119 cm³/mol. The van der Waals surface area contributed by atoms with Crippen LogP contribution >= 0.6 is 22.9 Å². The maximum Gasteiger partial charge on any atom is 0.257 e. The highest BCUT2D eigenvalue weighted by Crippen LogP contribution is 2.31. The van der Waals surface area contributed by atoms with Crippen molar-refractivity contribution in [2.24, 2.45) is 5.92 Å². The van der Waals surface area contributed by atoms with E-state index in [9.17, 15) is 4.79 Å². The van der Waals surface area contributed by atoms with E-state index in [-0.39, 0.29) is 5.91 Å². The maximum atomic E-state index is 13.2. The van der Waals surface area contributed by atoms with Crippen LogP contribution in [-0.2, 0) is 4.79 Å². The Kier molecular flexibility index (Phi) is 6.54. The van der Waals surface area contributed by atoms with Gasteiger partial charge in [0.1, 0.15) is 0 Å². The van der Waals surface area contributed by atoms with Crippen LogP contribution in [0.4, 0.5) is 5.13 Å². The summed E-state index contributed by atoms with van der Waals surface area (Å²) >= 11 is 7.96. The molecule has 4 rings (SSSR count). The van der Waals surface area contributed by atoms with Gasteiger partial charge >= 0.3 is 0 Å². The summed E-state index contributed by atoms with van der Waals surface area (Å²) in [5.41, 5.74) is 2.07. The Morgan fingerprint density at radius 3 is 2.70 bits per heavy atom. The highest BCUT2D eigenvalue weighted by atomic mass is 35.5. The first kappa shape index (κ1) is 20.7. The molecule has 1 fully saturated rings. The van der Waals surface area contributed by atoms with Crippen LogP contribution in [0.2, 0.25) is 5.02 Å². The molecule has 1 aliphatic carbocycles. The minimum Gasteiger partial charge on any atom is -0.298 e. The molecular formula is C21H23ClN6OS. The smallest absolute Gasteiger partial charge is 0.257 e. The van der Waals surface area contributed by atoms with Gasteiger partial charge in [0.2, 0.25) is 0 Å². The Bertz CT molecular complexity index is 1040. The number of aryl methyl sites for hydroxylation is 1. The highest BCUT2D eigenvalue weighted by Gasteiger charge is 2.19. The number of carbonyl (C=O) groups excluding carboxylic acids is 1. The summed E-state index contributed by atoms with van der Waals surface area (Å²) in [4.78, 5) is 17.3. The van der Waals surface area contributed by atoms with Gasteiger partial charge in [-0.2, -0.15) is 4.68 Å². The summed E-state index contributed by atoms with van der Waals surface area (Å²) in [6.45, 7) is 1.81. The van der Waals surface area contributed by atoms with E-state index in [4.69, 9.17) is 11.6 Å². The number of tetrazole rings is 1. The summed E-state index contributed by atoms with van der Waals surface area (Å²) in [7, 11) is 0. The van der Waals surface area contributed by atoms with Crippen LogP contribution in [0.25, 0.3) is 11.3 Å². The van der Waals surface area contributed by atoms with Crippen LogP contribution in [0.3, 0.4) is 0 Å². The molecule has 2 heterocycles. The fraction of sp³-hybridized carbons (Fsp3) is 0.381. The maximum absolute atomic E-state index is 13.2. The molecule has 3 aromatic rings. The first-order valence-electron chi connectivity index (χ1n) is 10.1. The molecule has 0 unspecified atom stereocenters. The monoisotopic (exact) mass is 442 g/mol. The van der Waals surface area contributed by atoms with Crippen LogP contribution in [0.1, 0.15) is 49.9 Å². The van der Waals surface area contributed by atoms with Crippen molar-refractivity contribution in [2.45, 2.75) is 45.4 Å². The second-order valence-electron chi connectivity index (χ2n) is 7.43. The van der Waals surface area contributed by atoms with Crippen LogP contribution in [0.5, 0.6) is 0 Å². The number of hydrogen-bond acceptors (Lipinski definition) is 6. The number of nitrogens with zero attached hydrogens (tertiary/aromatic N) is 5. The van der Waals surface area contributed by atoms with Crippen molar-refractivity contribution in [3.8, 4) is 5.69 Å². The molecule has 0 radical (unpaired) electrons. The SMILES string of the molecule is Cc1nnnn1-c1ccc(C(=CC2CCCCCC2)C(=O)Nc2nccs2)cc1Cl. The normalized spacial score (nSPS) is 15.7. The number of thiazole rings is 1. The number of aromatic nitrogens is 5. The second-order valence-corrected chi connectivity index (χ2v) is 8.73. The minimum absolute atomic E-state index is 0.170. The fourth-order valence-corrected chi connectivity index (χ4v) is 4.55. The zero-order valence-corrected chi connectivity index (χ0v) is 18.3. The molecule has 1 saturated carbocycles. The van der Waals surface area contributed by atoms with Gasteiger partial charge in [-0.3, -0.25) is 10.1 Å². The molecule has 1 aromatic carbocycles. The van der Waals surface area contributed by atoms with E-state index in [1.54, 1.807) is 10.9 Å². The molecule has 0 saturated heterocycles. The number of rotatable bonds is 5. The third kappa shape index (κ3) is 4.76. The molecular weight excluding hydrogens is 420 g/mol. The first-order chi connectivity index (χ1) is 14.6. The minimum atomic E-state index is -0.170. The van der Waals surface area contributed by atoms with Crippen LogP contribution in [-0.4, -0.2) is 31.1 Å². The summed E-state index contributed by atoms with van der Waals surface area (Å²) in [6, 6.07) is 5.55. The average molecular weight is 443 g/mol. The molecule has 0 spiro atoms. The van der Waals surface area contributed by atoms with E-state index in [0.717, 1.165) is 18.4 Å². The summed E-state index contributed by atoms with van der Waals surface area (Å²) < 4.78 is 1.58. The quantitative estimate of drug-likeness (QED) is 0.440. The first-order valence-corrected chi connectivity index (χ1v) is 11.4. The third-order valence-corrected chi connectivity index (χ3v) is 6.30. The van der Waals surface area contributed by atoms with Gasteiger partial charge in [0.15, 0.2) is 11.0 Å². The van der Waals surface area contributed by atoms with Gasteiger partial charge in [-0.25, -0.2) is 4.98 Å². The number of carbonyl (C=O) groups is 1. The zero-order valence-electron chi connectivity index (χ0n) is 16.7. The van der Waals surface area contributed by atoms with E-state index >= 15 is 0 Å². The molecule has 1 N–H and O–H groups in total. The van der Waals surface area contributed by atoms with Crippen molar-refractivity contribution in [3.63, 3.8) is 0 Å². The summed E-state index contributed by atoms with van der Waals surface area (Å²) in [5, 5.41) is 17.4. The zero-order chi connectivity index (χ0) is 20.9. The van der Waals surface area contributed by atoms with Gasteiger partial charge in [0, 0.05) is 17.2 Å². The van der Waals surface area contributed by atoms with Crippen molar-refractivity contribution in [1.29, 1.82) is 0 Å². The molecule has 156 valence electrons. The second kappa shape index (κ2) is 9.49. The number of benzene rings is 1. The predicted octanol–water partition coefficient (Wildman–Crippen LogP) is 5.07. The third-order valence-electron chi connectivity index (χ3n) is 5.31. The van der Waals surface area contributed by atoms with Crippen molar-refractivity contribution in [3.05, 3.63) is 52.3 Å². The lowest BCUT2D eigenvalue weighted by Gasteiger charge is -2.15. The number of amides is 1. The van der Waals surface area contributed by atoms with Crippen molar-refractivity contribution in [1.82, 2.24) is 25.2 Å². The van der Waals surface area contributed by atoms with Gasteiger partial charge in [0.05, 0.1) is 10.7 Å². The van der Waals surface area contributed by atoms with E-state index in [1.165, 1.54) is 37.0 Å². The summed E-state index contributed by atoms with van der Waals surface area (Å²) in [6.07, 6.45) is 10.9. The van der Waals surface area contributed by atoms with Crippen LogP contribution < -0.4 is 5.32 Å². The Hall–Kier alpha value is -2.58. The fourth-order valence-electron chi connectivity index (χ4n) is 3.77. The lowest BCUT2D eigenvalue weighted by molar-refractivity contribution is -0.111. The number of halogens is 1. The molecule has 1 aliphatic rings. The Labute approximate surface area is 184 Å². The van der Waals surface area contributed by atoms with Crippen LogP contribution in [0, 0.1) is 12.8 Å². The van der Waals surface area contributed by atoms with E-state index in [1.807, 2.05) is 30.5 Å². The molecule has 2 aromatic heterocycles. The average Bonchev–Trinajstić information content (AvgIpc) is 3.32. The van der Waals surface area contributed by atoms with Gasteiger partial charge in [0.25, 0.3) is 5.91 Å². The number of hydrogen-bond donors (Lipinski definition) is 1. The number of anilines is 1. The van der Waals surface area contributed by atoms with Crippen LogP contribution in [0.15, 0.2) is 35.9 Å². The topological polar surface area (TPSA) is 85.6 Å². The molecule has 1 amide bonds. The molecule has 9 heteroatoms. The van der Waals surface area contributed by atoms with E-state index in [0.29, 0.717) is 33.2 Å². The molecule has 0 aliphatic heterocycles. The van der Waals surface area contributed by atoms with E-state index in [2.05, 4.69) is 31.9 Å². The van der Waals surface area contributed by atoms with Gasteiger partial charge < -0.3 is 0 Å². The Morgan fingerprint density at radius 1 is 1.27 bits per heavy atom. The largest absolute Gasteiger partial charge is 0.298 e. The highest BCUT2D eigenvalue weighted by molar-refractivity contribution is 7.13. The Balaban J connectivity index is 1.68.